The molecule has 0 saturated heterocycles. The Morgan fingerprint density at radius 3 is 2.75 bits per heavy atom. The van der Waals surface area contributed by atoms with Crippen molar-refractivity contribution < 1.29 is 9.53 Å². The highest BCUT2D eigenvalue weighted by Gasteiger charge is 2.20. The summed E-state index contributed by atoms with van der Waals surface area (Å²) in [4.78, 5) is 15.4. The van der Waals surface area contributed by atoms with Crippen molar-refractivity contribution in [3.05, 3.63) is 45.6 Å². The quantitative estimate of drug-likeness (QED) is 0.881. The first-order valence-corrected chi connectivity index (χ1v) is 7.13. The highest BCUT2D eigenvalue weighted by molar-refractivity contribution is 7.10. The number of methoxy groups -OCH3 is 1. The van der Waals surface area contributed by atoms with Gasteiger partial charge >= 0.3 is 0 Å². The number of nitrogens with two attached hydrogens (primary N) is 1. The molecule has 1 aromatic carbocycles. The molecule has 1 aromatic heterocycles. The van der Waals surface area contributed by atoms with Crippen LogP contribution in [-0.4, -0.2) is 25.0 Å². The Morgan fingerprint density at radius 2 is 2.15 bits per heavy atom. The van der Waals surface area contributed by atoms with Crippen LogP contribution in [0.4, 0.5) is 5.69 Å². The van der Waals surface area contributed by atoms with Crippen LogP contribution in [0.15, 0.2) is 29.6 Å². The van der Waals surface area contributed by atoms with E-state index in [1.165, 1.54) is 17.6 Å². The Labute approximate surface area is 122 Å². The number of thiophene rings is 1. The largest absolute Gasteiger partial charge is 0.496 e. The van der Waals surface area contributed by atoms with E-state index in [-0.39, 0.29) is 5.91 Å². The van der Waals surface area contributed by atoms with Gasteiger partial charge in [-0.2, -0.15) is 0 Å². The molecule has 0 saturated carbocycles. The van der Waals surface area contributed by atoms with Crippen LogP contribution < -0.4 is 10.5 Å². The Morgan fingerprint density at radius 1 is 1.40 bits per heavy atom. The molecule has 0 atom stereocenters. The van der Waals surface area contributed by atoms with E-state index >= 15 is 0 Å². The summed E-state index contributed by atoms with van der Waals surface area (Å²) in [6, 6.07) is 7.28. The van der Waals surface area contributed by atoms with Gasteiger partial charge in [0.15, 0.2) is 0 Å². The van der Waals surface area contributed by atoms with Crippen LogP contribution in [0.3, 0.4) is 0 Å². The number of carbonyl (C=O) groups is 1. The van der Waals surface area contributed by atoms with Gasteiger partial charge in [-0.1, -0.05) is 6.07 Å². The summed E-state index contributed by atoms with van der Waals surface area (Å²) in [6.45, 7) is 2.61. The van der Waals surface area contributed by atoms with E-state index in [1.54, 1.807) is 41.5 Å². The van der Waals surface area contributed by atoms with Crippen LogP contribution in [0, 0.1) is 6.92 Å². The number of rotatable bonds is 4. The minimum atomic E-state index is -0.132. The predicted molar refractivity (Wildman–Crippen MR) is 82.3 cm³/mol. The summed E-state index contributed by atoms with van der Waals surface area (Å²) < 4.78 is 5.23. The lowest BCUT2D eigenvalue weighted by atomic mass is 10.1. The molecule has 1 heterocycles. The van der Waals surface area contributed by atoms with Crippen LogP contribution in [-0.2, 0) is 6.54 Å². The van der Waals surface area contributed by atoms with Gasteiger partial charge < -0.3 is 15.4 Å². The van der Waals surface area contributed by atoms with E-state index in [2.05, 4.69) is 6.07 Å². The number of hydrogen-bond donors (Lipinski definition) is 1. The molecule has 4 nitrogen and oxygen atoms in total. The lowest BCUT2D eigenvalue weighted by molar-refractivity contribution is 0.0784. The predicted octanol–water partition coefficient (Wildman–Crippen LogP) is 2.92. The normalized spacial score (nSPS) is 10.3. The zero-order valence-corrected chi connectivity index (χ0v) is 12.7. The van der Waals surface area contributed by atoms with Crippen LogP contribution in [0.25, 0.3) is 0 Å². The van der Waals surface area contributed by atoms with E-state index in [0.29, 0.717) is 23.5 Å². The maximum absolute atomic E-state index is 12.6. The summed E-state index contributed by atoms with van der Waals surface area (Å²) in [5, 5.41) is 2.03. The molecule has 0 aliphatic carbocycles. The van der Waals surface area contributed by atoms with Crippen LogP contribution in [0.5, 0.6) is 5.75 Å². The second kappa shape index (κ2) is 5.96. The van der Waals surface area contributed by atoms with Crippen LogP contribution in [0.1, 0.15) is 20.8 Å². The monoisotopic (exact) mass is 290 g/mol. The minimum Gasteiger partial charge on any atom is -0.496 e. The van der Waals surface area contributed by atoms with Crippen molar-refractivity contribution in [2.45, 2.75) is 13.5 Å². The average Bonchev–Trinajstić information content (AvgIpc) is 2.83. The van der Waals surface area contributed by atoms with Crippen molar-refractivity contribution in [1.82, 2.24) is 4.90 Å². The fourth-order valence-corrected chi connectivity index (χ4v) is 2.95. The topological polar surface area (TPSA) is 55.6 Å². The molecule has 0 fully saturated rings. The molecule has 106 valence electrons. The first-order chi connectivity index (χ1) is 9.54. The Bertz CT molecular complexity index is 622. The van der Waals surface area contributed by atoms with Crippen molar-refractivity contribution in [3.8, 4) is 5.75 Å². The molecule has 2 aromatic rings. The van der Waals surface area contributed by atoms with Gasteiger partial charge in [0.25, 0.3) is 5.91 Å². The lowest BCUT2D eigenvalue weighted by Crippen LogP contribution is -2.27. The molecule has 1 amide bonds. The number of benzene rings is 1. The molecule has 0 bridgehead atoms. The standard InChI is InChI=1S/C15H18N2O2S/c1-10-7-8-20-13(10)9-17(2)15(18)14-11(16)5-4-6-12(14)19-3/h4-8H,9,16H2,1-3H3. The van der Waals surface area contributed by atoms with Gasteiger partial charge in [-0.15, -0.1) is 11.3 Å². The van der Waals surface area contributed by atoms with E-state index < -0.39 is 0 Å². The summed E-state index contributed by atoms with van der Waals surface area (Å²) in [5.74, 6) is 0.373. The maximum Gasteiger partial charge on any atom is 0.259 e. The van der Waals surface area contributed by atoms with Gasteiger partial charge in [-0.05, 0) is 36.1 Å². The Balaban J connectivity index is 2.25. The molecule has 0 aliphatic rings. The number of hydrogen-bond acceptors (Lipinski definition) is 4. The third-order valence-corrected chi connectivity index (χ3v) is 4.20. The van der Waals surface area contributed by atoms with E-state index in [1.807, 2.05) is 12.3 Å². The third kappa shape index (κ3) is 2.77. The number of carbonyl (C=O) groups excluding carboxylic acids is 1. The second-order valence-corrected chi connectivity index (χ2v) is 5.61. The van der Waals surface area contributed by atoms with Crippen molar-refractivity contribution >= 4 is 22.9 Å². The third-order valence-electron chi connectivity index (χ3n) is 3.19. The molecule has 0 spiro atoms. The summed E-state index contributed by atoms with van der Waals surface area (Å²) in [7, 11) is 3.31. The maximum atomic E-state index is 12.6. The molecule has 0 radical (unpaired) electrons. The smallest absolute Gasteiger partial charge is 0.259 e. The summed E-state index contributed by atoms with van der Waals surface area (Å²) >= 11 is 1.65. The number of aryl methyl sites for hydroxylation is 1. The fourth-order valence-electron chi connectivity index (χ4n) is 1.99. The van der Waals surface area contributed by atoms with Gasteiger partial charge in [0.05, 0.1) is 13.7 Å². The highest BCUT2D eigenvalue weighted by Crippen LogP contribution is 2.26. The van der Waals surface area contributed by atoms with Gasteiger partial charge in [0.1, 0.15) is 11.3 Å². The lowest BCUT2D eigenvalue weighted by Gasteiger charge is -2.19. The zero-order chi connectivity index (χ0) is 14.7. The van der Waals surface area contributed by atoms with E-state index in [0.717, 1.165) is 0 Å². The summed E-state index contributed by atoms with van der Waals surface area (Å²) in [6.07, 6.45) is 0. The first-order valence-electron chi connectivity index (χ1n) is 6.25. The SMILES string of the molecule is COc1cccc(N)c1C(=O)N(C)Cc1sccc1C. The van der Waals surface area contributed by atoms with Crippen molar-refractivity contribution in [1.29, 1.82) is 0 Å². The minimum absolute atomic E-state index is 0.132. The van der Waals surface area contributed by atoms with Crippen LogP contribution in [0.2, 0.25) is 0 Å². The van der Waals surface area contributed by atoms with Crippen molar-refractivity contribution in [3.63, 3.8) is 0 Å². The number of nitrogen functional groups attached to an aromatic ring is 1. The number of anilines is 1. The molecule has 2 rings (SSSR count). The molecule has 0 aliphatic heterocycles. The number of ether oxygens (including phenoxy) is 1. The van der Waals surface area contributed by atoms with Crippen molar-refractivity contribution in [2.75, 3.05) is 19.9 Å². The van der Waals surface area contributed by atoms with Crippen LogP contribution >= 0.6 is 11.3 Å². The Hall–Kier alpha value is -2.01. The summed E-state index contributed by atoms with van der Waals surface area (Å²) in [5.41, 5.74) is 7.97. The Kier molecular flexibility index (Phi) is 4.29. The van der Waals surface area contributed by atoms with E-state index in [9.17, 15) is 4.79 Å². The molecule has 20 heavy (non-hydrogen) atoms. The first kappa shape index (κ1) is 14.4. The number of amides is 1. The molecule has 0 unspecified atom stereocenters. The molecular weight excluding hydrogens is 272 g/mol. The van der Waals surface area contributed by atoms with E-state index in [4.69, 9.17) is 10.5 Å². The zero-order valence-electron chi connectivity index (χ0n) is 11.8. The van der Waals surface area contributed by atoms with Crippen molar-refractivity contribution in [2.24, 2.45) is 0 Å². The fraction of sp³-hybridized carbons (Fsp3) is 0.267. The average molecular weight is 290 g/mol. The van der Waals surface area contributed by atoms with Gasteiger partial charge in [0, 0.05) is 17.6 Å². The van der Waals surface area contributed by atoms with Gasteiger partial charge in [-0.3, -0.25) is 4.79 Å². The highest BCUT2D eigenvalue weighted by atomic mass is 32.1. The van der Waals surface area contributed by atoms with Gasteiger partial charge in [-0.25, -0.2) is 0 Å². The second-order valence-electron chi connectivity index (χ2n) is 4.61. The molecule has 5 heteroatoms. The van der Waals surface area contributed by atoms with Gasteiger partial charge in [0.2, 0.25) is 0 Å². The molecule has 2 N–H and O–H groups in total. The molecular formula is C15H18N2O2S. The number of nitrogens with zero attached hydrogens (tertiary/aromatic N) is 1.